The maximum absolute atomic E-state index is 13.5. The van der Waals surface area contributed by atoms with E-state index in [1.807, 2.05) is 6.07 Å². The van der Waals surface area contributed by atoms with Crippen LogP contribution in [0.2, 0.25) is 10.0 Å². The van der Waals surface area contributed by atoms with Crippen molar-refractivity contribution in [1.29, 1.82) is 5.26 Å². The molecule has 0 bridgehead atoms. The molecule has 12 heteroatoms. The van der Waals surface area contributed by atoms with Crippen LogP contribution >= 0.6 is 39.1 Å². The smallest absolute Gasteiger partial charge is 0.253 e. The van der Waals surface area contributed by atoms with Crippen LogP contribution in [0.1, 0.15) is 34.3 Å². The SMILES string of the molecule is N#Cc1ccc(C(=O)N2CCN(C(=O)[C@@H]3CCCN3S(=O)(=O)c3ccc(Cl)c(CBr)c3Cl)CC2)cc1. The van der Waals surface area contributed by atoms with E-state index in [0.717, 1.165) is 0 Å². The first kappa shape index (κ1) is 26.9. The van der Waals surface area contributed by atoms with Crippen molar-refractivity contribution >= 4 is 61.0 Å². The first-order chi connectivity index (χ1) is 17.2. The number of hydrogen-bond donors (Lipinski definition) is 0. The minimum Gasteiger partial charge on any atom is -0.338 e. The van der Waals surface area contributed by atoms with E-state index in [1.165, 1.54) is 16.4 Å². The molecule has 2 aliphatic rings. The number of benzene rings is 2. The van der Waals surface area contributed by atoms with Gasteiger partial charge < -0.3 is 9.80 Å². The zero-order valence-corrected chi connectivity index (χ0v) is 23.1. The zero-order valence-electron chi connectivity index (χ0n) is 19.2. The third kappa shape index (κ3) is 5.13. The molecule has 2 fully saturated rings. The second kappa shape index (κ2) is 11.1. The van der Waals surface area contributed by atoms with Crippen molar-refractivity contribution < 1.29 is 18.0 Å². The van der Waals surface area contributed by atoms with Crippen molar-refractivity contribution in [1.82, 2.24) is 14.1 Å². The van der Waals surface area contributed by atoms with Crippen LogP contribution in [-0.2, 0) is 20.1 Å². The highest BCUT2D eigenvalue weighted by Crippen LogP contribution is 2.36. The number of carbonyl (C=O) groups is 2. The second-order valence-corrected chi connectivity index (χ2v) is 11.8. The van der Waals surface area contributed by atoms with Crippen LogP contribution in [0.15, 0.2) is 41.3 Å². The van der Waals surface area contributed by atoms with Gasteiger partial charge in [-0.15, -0.1) is 0 Å². The van der Waals surface area contributed by atoms with Gasteiger partial charge in [0.15, 0.2) is 0 Å². The highest BCUT2D eigenvalue weighted by molar-refractivity contribution is 9.08. The van der Waals surface area contributed by atoms with Gasteiger partial charge in [-0.1, -0.05) is 39.1 Å². The average Bonchev–Trinajstić information content (AvgIpc) is 3.39. The third-order valence-electron chi connectivity index (χ3n) is 6.50. The number of rotatable bonds is 5. The van der Waals surface area contributed by atoms with Gasteiger partial charge in [0.05, 0.1) is 16.7 Å². The van der Waals surface area contributed by atoms with Crippen LogP contribution in [0.3, 0.4) is 0 Å². The van der Waals surface area contributed by atoms with Gasteiger partial charge >= 0.3 is 0 Å². The van der Waals surface area contributed by atoms with Crippen molar-refractivity contribution in [2.45, 2.75) is 29.1 Å². The summed E-state index contributed by atoms with van der Waals surface area (Å²) in [5.74, 6) is -0.441. The minimum atomic E-state index is -4.03. The van der Waals surface area contributed by atoms with Crippen LogP contribution < -0.4 is 0 Å². The van der Waals surface area contributed by atoms with Crippen molar-refractivity contribution in [3.05, 3.63) is 63.1 Å². The number of hydrogen-bond acceptors (Lipinski definition) is 5. The van der Waals surface area contributed by atoms with Crippen molar-refractivity contribution in [2.75, 3.05) is 32.7 Å². The third-order valence-corrected chi connectivity index (χ3v) is 9.91. The number of piperazine rings is 1. The highest BCUT2D eigenvalue weighted by Gasteiger charge is 2.42. The number of nitriles is 1. The molecule has 1 atom stereocenters. The summed E-state index contributed by atoms with van der Waals surface area (Å²) < 4.78 is 28.3. The Morgan fingerprint density at radius 3 is 2.25 bits per heavy atom. The molecule has 8 nitrogen and oxygen atoms in total. The number of nitrogens with zero attached hydrogens (tertiary/aromatic N) is 4. The summed E-state index contributed by atoms with van der Waals surface area (Å²) in [5.41, 5.74) is 1.43. The summed E-state index contributed by atoms with van der Waals surface area (Å²) in [6.45, 7) is 1.50. The van der Waals surface area contributed by atoms with Crippen LogP contribution in [0.5, 0.6) is 0 Å². The summed E-state index contributed by atoms with van der Waals surface area (Å²) >= 11 is 15.8. The Morgan fingerprint density at radius 1 is 1.00 bits per heavy atom. The molecule has 0 N–H and O–H groups in total. The van der Waals surface area contributed by atoms with E-state index in [0.29, 0.717) is 66.1 Å². The largest absolute Gasteiger partial charge is 0.338 e. The van der Waals surface area contributed by atoms with Gasteiger partial charge in [0.25, 0.3) is 5.91 Å². The van der Waals surface area contributed by atoms with E-state index in [4.69, 9.17) is 28.5 Å². The Morgan fingerprint density at radius 2 is 1.64 bits per heavy atom. The normalized spacial score (nSPS) is 18.8. The Labute approximate surface area is 228 Å². The molecule has 2 aromatic rings. The molecule has 0 aliphatic carbocycles. The van der Waals surface area contributed by atoms with Gasteiger partial charge in [-0.3, -0.25) is 9.59 Å². The fourth-order valence-corrected chi connectivity index (χ4v) is 7.95. The lowest BCUT2D eigenvalue weighted by atomic mass is 10.1. The number of amides is 2. The van der Waals surface area contributed by atoms with Crippen LogP contribution in [-0.4, -0.2) is 73.1 Å². The van der Waals surface area contributed by atoms with Gasteiger partial charge in [-0.05, 0) is 49.2 Å². The van der Waals surface area contributed by atoms with Crippen LogP contribution in [0.25, 0.3) is 0 Å². The van der Waals surface area contributed by atoms with E-state index in [-0.39, 0.29) is 28.3 Å². The standard InChI is InChI=1S/C24H23BrCl2N4O4S/c25-14-18-19(26)7-8-21(22(18)27)36(34,35)31-9-1-2-20(31)24(33)30-12-10-29(11-13-30)23(32)17-5-3-16(15-28)4-6-17/h3-8,20H,1-2,9-14H2/t20-/m0/s1. The molecule has 0 radical (unpaired) electrons. The predicted molar refractivity (Wildman–Crippen MR) is 140 cm³/mol. The lowest BCUT2D eigenvalue weighted by molar-refractivity contribution is -0.136. The minimum absolute atomic E-state index is 0.0485. The molecule has 190 valence electrons. The van der Waals surface area contributed by atoms with Gasteiger partial charge in [0, 0.05) is 54.2 Å². The molecule has 2 saturated heterocycles. The zero-order chi connectivity index (χ0) is 26.0. The van der Waals surface area contributed by atoms with Crippen LogP contribution in [0.4, 0.5) is 0 Å². The van der Waals surface area contributed by atoms with E-state index >= 15 is 0 Å². The predicted octanol–water partition coefficient (Wildman–Crippen LogP) is 3.90. The fourth-order valence-electron chi connectivity index (χ4n) is 4.51. The quantitative estimate of drug-likeness (QED) is 0.476. The fraction of sp³-hybridized carbons (Fsp3) is 0.375. The first-order valence-electron chi connectivity index (χ1n) is 11.3. The average molecular weight is 614 g/mol. The molecule has 2 aromatic carbocycles. The van der Waals surface area contributed by atoms with Crippen molar-refractivity contribution in [2.24, 2.45) is 0 Å². The number of alkyl halides is 1. The van der Waals surface area contributed by atoms with Crippen molar-refractivity contribution in [3.8, 4) is 6.07 Å². The summed E-state index contributed by atoms with van der Waals surface area (Å²) in [6.07, 6.45) is 0.974. The molecule has 0 spiro atoms. The summed E-state index contributed by atoms with van der Waals surface area (Å²) in [6, 6.07) is 10.5. The number of sulfonamides is 1. The van der Waals surface area contributed by atoms with Crippen LogP contribution in [0, 0.1) is 11.3 Å². The Hall–Kier alpha value is -2.16. The van der Waals surface area contributed by atoms with E-state index < -0.39 is 16.1 Å². The molecular formula is C24H23BrCl2N4O4S. The monoisotopic (exact) mass is 612 g/mol. The molecule has 2 aliphatic heterocycles. The summed E-state index contributed by atoms with van der Waals surface area (Å²) in [7, 11) is -4.03. The molecule has 0 saturated carbocycles. The van der Waals surface area contributed by atoms with E-state index in [9.17, 15) is 18.0 Å². The lowest BCUT2D eigenvalue weighted by Gasteiger charge is -2.37. The molecule has 4 rings (SSSR count). The Kier molecular flexibility index (Phi) is 8.27. The number of halogens is 3. The van der Waals surface area contributed by atoms with Gasteiger partial charge in [-0.2, -0.15) is 9.57 Å². The lowest BCUT2D eigenvalue weighted by Crippen LogP contribution is -2.55. The number of carbonyl (C=O) groups excluding carboxylic acids is 2. The summed E-state index contributed by atoms with van der Waals surface area (Å²) in [5, 5.41) is 9.63. The van der Waals surface area contributed by atoms with Gasteiger partial charge in [0.2, 0.25) is 15.9 Å². The van der Waals surface area contributed by atoms with Gasteiger partial charge in [-0.25, -0.2) is 8.42 Å². The highest BCUT2D eigenvalue weighted by atomic mass is 79.9. The molecular weight excluding hydrogens is 591 g/mol. The molecule has 2 heterocycles. The summed E-state index contributed by atoms with van der Waals surface area (Å²) in [4.78, 5) is 29.4. The second-order valence-electron chi connectivity index (χ2n) is 8.55. The van der Waals surface area contributed by atoms with Crippen molar-refractivity contribution in [3.63, 3.8) is 0 Å². The topological polar surface area (TPSA) is 102 Å². The van der Waals surface area contributed by atoms with E-state index in [1.54, 1.807) is 34.1 Å². The maximum atomic E-state index is 13.5. The molecule has 36 heavy (non-hydrogen) atoms. The van der Waals surface area contributed by atoms with E-state index in [2.05, 4.69) is 15.9 Å². The molecule has 0 aromatic heterocycles. The van der Waals surface area contributed by atoms with Gasteiger partial charge in [0.1, 0.15) is 10.9 Å². The molecule has 2 amide bonds. The maximum Gasteiger partial charge on any atom is 0.253 e. The Bertz CT molecular complexity index is 1320. The Balaban J connectivity index is 1.46. The first-order valence-corrected chi connectivity index (χ1v) is 14.6. The molecule has 0 unspecified atom stereocenters.